The summed E-state index contributed by atoms with van der Waals surface area (Å²) in [6, 6.07) is 1.56. The molecule has 1 aromatic heterocycles. The van der Waals surface area contributed by atoms with Gasteiger partial charge in [0, 0.05) is 25.6 Å². The quantitative estimate of drug-likeness (QED) is 0.863. The summed E-state index contributed by atoms with van der Waals surface area (Å²) >= 11 is 0. The summed E-state index contributed by atoms with van der Waals surface area (Å²) in [6.07, 6.45) is 5.25. The molecule has 2 atom stereocenters. The number of hydrogen-bond donors (Lipinski definition) is 2. The smallest absolute Gasteiger partial charge is 0.317 e. The van der Waals surface area contributed by atoms with Crippen LogP contribution >= 0.6 is 0 Å². The second kappa shape index (κ2) is 6.56. The van der Waals surface area contributed by atoms with E-state index in [-0.39, 0.29) is 18.1 Å². The third-order valence-corrected chi connectivity index (χ3v) is 3.64. The fourth-order valence-corrected chi connectivity index (χ4v) is 2.47. The Morgan fingerprint density at radius 1 is 1.58 bits per heavy atom. The minimum absolute atomic E-state index is 0.152. The lowest BCUT2D eigenvalue weighted by molar-refractivity contribution is 0.0564. The second-order valence-corrected chi connectivity index (χ2v) is 5.14. The van der Waals surface area contributed by atoms with Crippen LogP contribution in [0.25, 0.3) is 0 Å². The number of aliphatic hydroxyl groups excluding tert-OH is 1. The van der Waals surface area contributed by atoms with Crippen molar-refractivity contribution in [2.75, 3.05) is 13.6 Å². The molecule has 2 rings (SSSR count). The van der Waals surface area contributed by atoms with E-state index in [1.165, 1.54) is 6.26 Å². The highest BCUT2D eigenvalue weighted by molar-refractivity contribution is 5.73. The Bertz CT molecular complexity index is 394. The number of nitrogens with one attached hydrogen (secondary N) is 1. The van der Waals surface area contributed by atoms with E-state index < -0.39 is 0 Å². The van der Waals surface area contributed by atoms with Crippen molar-refractivity contribution in [3.05, 3.63) is 18.0 Å². The second-order valence-electron chi connectivity index (χ2n) is 5.14. The third-order valence-electron chi connectivity index (χ3n) is 3.64. The van der Waals surface area contributed by atoms with Gasteiger partial charge in [0.1, 0.15) is 12.0 Å². The van der Waals surface area contributed by atoms with Gasteiger partial charge >= 0.3 is 6.03 Å². The van der Waals surface area contributed by atoms with Crippen LogP contribution < -0.4 is 5.32 Å². The van der Waals surface area contributed by atoms with Crippen LogP contribution in [0.2, 0.25) is 0 Å². The summed E-state index contributed by atoms with van der Waals surface area (Å²) in [7, 11) is 1.75. The van der Waals surface area contributed by atoms with Gasteiger partial charge in [-0.3, -0.25) is 0 Å². The van der Waals surface area contributed by atoms with Gasteiger partial charge in [-0.25, -0.2) is 4.79 Å². The number of hydrogen-bond acceptors (Lipinski definition) is 4. The monoisotopic (exact) mass is 267 g/mol. The highest BCUT2D eigenvalue weighted by atomic mass is 16.5. The fraction of sp³-hybridized carbons (Fsp3) is 0.692. The maximum atomic E-state index is 11.9. The number of aliphatic hydroxyl groups is 1. The van der Waals surface area contributed by atoms with Crippen LogP contribution in [0.5, 0.6) is 0 Å². The molecule has 0 aliphatic heterocycles. The van der Waals surface area contributed by atoms with E-state index in [2.05, 4.69) is 10.5 Å². The van der Waals surface area contributed by atoms with Gasteiger partial charge in [0.05, 0.1) is 12.6 Å². The molecule has 0 radical (unpaired) electrons. The van der Waals surface area contributed by atoms with Gasteiger partial charge in [-0.15, -0.1) is 0 Å². The van der Waals surface area contributed by atoms with Crippen molar-refractivity contribution >= 4 is 6.03 Å². The van der Waals surface area contributed by atoms with Crippen LogP contribution in [0, 0.1) is 5.92 Å². The predicted octanol–water partition coefficient (Wildman–Crippen LogP) is 1.37. The molecular weight excluding hydrogens is 246 g/mol. The Morgan fingerprint density at radius 3 is 3.05 bits per heavy atom. The SMILES string of the molecule is CN(C[C@H]1CCCC[C@@H]1O)C(=O)NCc1ccon1. The zero-order valence-electron chi connectivity index (χ0n) is 11.2. The van der Waals surface area contributed by atoms with Crippen LogP contribution in [-0.4, -0.2) is 40.9 Å². The standard InChI is InChI=1S/C13H21N3O3/c1-16(9-10-4-2-3-5-12(10)17)13(18)14-8-11-6-7-19-15-11/h6-7,10,12,17H,2-5,8-9H2,1H3,(H,14,18)/t10-,12+/m1/s1. The molecule has 1 saturated carbocycles. The first kappa shape index (κ1) is 13.9. The largest absolute Gasteiger partial charge is 0.393 e. The maximum Gasteiger partial charge on any atom is 0.317 e. The number of amides is 2. The molecule has 0 saturated heterocycles. The first-order valence-electron chi connectivity index (χ1n) is 6.73. The Kier molecular flexibility index (Phi) is 4.79. The van der Waals surface area contributed by atoms with E-state index in [1.807, 2.05) is 0 Å². The number of urea groups is 1. The van der Waals surface area contributed by atoms with Crippen LogP contribution in [0.1, 0.15) is 31.4 Å². The molecule has 106 valence electrons. The minimum atomic E-state index is -0.278. The number of carbonyl (C=O) groups is 1. The molecule has 0 unspecified atom stereocenters. The lowest BCUT2D eigenvalue weighted by Gasteiger charge is -2.31. The van der Waals surface area contributed by atoms with E-state index in [0.717, 1.165) is 25.7 Å². The van der Waals surface area contributed by atoms with Crippen molar-refractivity contribution in [3.8, 4) is 0 Å². The van der Waals surface area contributed by atoms with E-state index in [9.17, 15) is 9.90 Å². The molecule has 2 amide bonds. The molecule has 0 aromatic carbocycles. The van der Waals surface area contributed by atoms with E-state index in [4.69, 9.17) is 4.52 Å². The van der Waals surface area contributed by atoms with E-state index in [0.29, 0.717) is 18.8 Å². The van der Waals surface area contributed by atoms with Gasteiger partial charge in [-0.2, -0.15) is 0 Å². The molecule has 1 aliphatic carbocycles. The van der Waals surface area contributed by atoms with Crippen molar-refractivity contribution in [2.45, 2.75) is 38.3 Å². The molecule has 1 heterocycles. The van der Waals surface area contributed by atoms with Gasteiger partial charge in [-0.1, -0.05) is 18.0 Å². The molecule has 0 spiro atoms. The Labute approximate surface area is 112 Å². The zero-order chi connectivity index (χ0) is 13.7. The first-order valence-corrected chi connectivity index (χ1v) is 6.73. The molecular formula is C13H21N3O3. The van der Waals surface area contributed by atoms with Crippen LogP contribution in [0.4, 0.5) is 4.79 Å². The third kappa shape index (κ3) is 3.96. The van der Waals surface area contributed by atoms with Crippen molar-refractivity contribution in [2.24, 2.45) is 5.92 Å². The highest BCUT2D eigenvalue weighted by Gasteiger charge is 2.25. The highest BCUT2D eigenvalue weighted by Crippen LogP contribution is 2.24. The zero-order valence-corrected chi connectivity index (χ0v) is 11.2. The average molecular weight is 267 g/mol. The van der Waals surface area contributed by atoms with E-state index >= 15 is 0 Å². The molecule has 0 bridgehead atoms. The van der Waals surface area contributed by atoms with Crippen LogP contribution in [0.3, 0.4) is 0 Å². The number of nitrogens with zero attached hydrogens (tertiary/aromatic N) is 2. The minimum Gasteiger partial charge on any atom is -0.393 e. The van der Waals surface area contributed by atoms with Gasteiger partial charge in [0.2, 0.25) is 0 Å². The van der Waals surface area contributed by atoms with Gasteiger partial charge in [0.25, 0.3) is 0 Å². The molecule has 6 heteroatoms. The topological polar surface area (TPSA) is 78.6 Å². The Hall–Kier alpha value is -1.56. The number of rotatable bonds is 4. The van der Waals surface area contributed by atoms with Gasteiger partial charge in [-0.05, 0) is 12.8 Å². The summed E-state index contributed by atoms with van der Waals surface area (Å²) in [5, 5.41) is 16.4. The van der Waals surface area contributed by atoms with Crippen molar-refractivity contribution in [3.63, 3.8) is 0 Å². The van der Waals surface area contributed by atoms with Crippen LogP contribution in [0.15, 0.2) is 16.9 Å². The maximum absolute atomic E-state index is 11.9. The Morgan fingerprint density at radius 2 is 2.37 bits per heavy atom. The first-order chi connectivity index (χ1) is 9.16. The van der Waals surface area contributed by atoms with Gasteiger partial charge < -0.3 is 19.8 Å². The summed E-state index contributed by atoms with van der Waals surface area (Å²) in [5.41, 5.74) is 0.694. The average Bonchev–Trinajstić information content (AvgIpc) is 2.91. The van der Waals surface area contributed by atoms with Crippen molar-refractivity contribution in [1.29, 1.82) is 0 Å². The molecule has 1 fully saturated rings. The fourth-order valence-electron chi connectivity index (χ4n) is 2.47. The molecule has 19 heavy (non-hydrogen) atoms. The van der Waals surface area contributed by atoms with Crippen molar-refractivity contribution in [1.82, 2.24) is 15.4 Å². The molecule has 1 aromatic rings. The Balaban J connectivity index is 1.75. The van der Waals surface area contributed by atoms with E-state index in [1.54, 1.807) is 18.0 Å². The normalized spacial score (nSPS) is 23.1. The lowest BCUT2D eigenvalue weighted by Crippen LogP contribution is -2.42. The molecule has 2 N–H and O–H groups in total. The number of aromatic nitrogens is 1. The number of carbonyl (C=O) groups excluding carboxylic acids is 1. The summed E-state index contributed by atoms with van der Waals surface area (Å²) in [6.45, 7) is 0.943. The summed E-state index contributed by atoms with van der Waals surface area (Å²) < 4.78 is 4.69. The molecule has 6 nitrogen and oxygen atoms in total. The summed E-state index contributed by atoms with van der Waals surface area (Å²) in [5.74, 6) is 0.191. The van der Waals surface area contributed by atoms with Crippen molar-refractivity contribution < 1.29 is 14.4 Å². The predicted molar refractivity (Wildman–Crippen MR) is 69.3 cm³/mol. The lowest BCUT2D eigenvalue weighted by atomic mass is 9.86. The van der Waals surface area contributed by atoms with Gasteiger partial charge in [0.15, 0.2) is 0 Å². The van der Waals surface area contributed by atoms with Crippen LogP contribution in [-0.2, 0) is 6.54 Å². The summed E-state index contributed by atoms with van der Waals surface area (Å²) in [4.78, 5) is 13.5. The molecule has 1 aliphatic rings.